The number of aromatic nitrogens is 3. The van der Waals surface area contributed by atoms with Crippen LogP contribution < -0.4 is 5.32 Å². The smallest absolute Gasteiger partial charge is 0.234 e. The Bertz CT molecular complexity index is 999. The molecule has 1 heterocycles. The third-order valence-electron chi connectivity index (χ3n) is 4.48. The van der Waals surface area contributed by atoms with Gasteiger partial charge in [-0.2, -0.15) is 0 Å². The number of benzene rings is 2. The van der Waals surface area contributed by atoms with Crippen LogP contribution in [0.15, 0.2) is 66.3 Å². The number of carbonyl (C=O) groups excluding carboxylic acids is 1. The van der Waals surface area contributed by atoms with Gasteiger partial charge in [0.25, 0.3) is 0 Å². The zero-order chi connectivity index (χ0) is 21.3. The Morgan fingerprint density at radius 1 is 1.10 bits per heavy atom. The highest BCUT2D eigenvalue weighted by Crippen LogP contribution is 2.23. The summed E-state index contributed by atoms with van der Waals surface area (Å²) < 4.78 is 2.03. The van der Waals surface area contributed by atoms with Crippen LogP contribution in [-0.2, 0) is 22.8 Å². The molecule has 5 nitrogen and oxygen atoms in total. The summed E-state index contributed by atoms with van der Waals surface area (Å²) in [6, 6.07) is 16.3. The van der Waals surface area contributed by atoms with Crippen LogP contribution in [0.4, 0.5) is 5.69 Å². The van der Waals surface area contributed by atoms with Crippen molar-refractivity contribution in [3.8, 4) is 0 Å². The van der Waals surface area contributed by atoms with Crippen LogP contribution in [0.5, 0.6) is 0 Å². The summed E-state index contributed by atoms with van der Waals surface area (Å²) in [5, 5.41) is 12.3. The van der Waals surface area contributed by atoms with Gasteiger partial charge >= 0.3 is 0 Å². The van der Waals surface area contributed by atoms with E-state index in [4.69, 9.17) is 0 Å². The second-order valence-corrected chi connectivity index (χ2v) is 8.86. The Morgan fingerprint density at radius 2 is 1.87 bits per heavy atom. The molecule has 156 valence electrons. The molecule has 7 heteroatoms. The topological polar surface area (TPSA) is 59.8 Å². The van der Waals surface area contributed by atoms with Crippen LogP contribution in [0.1, 0.15) is 22.5 Å². The Labute approximate surface area is 186 Å². The molecule has 0 unspecified atom stereocenters. The molecule has 0 aliphatic carbocycles. The van der Waals surface area contributed by atoms with Crippen molar-refractivity contribution in [3.63, 3.8) is 0 Å². The first-order valence-electron chi connectivity index (χ1n) is 9.71. The molecule has 3 rings (SSSR count). The van der Waals surface area contributed by atoms with E-state index in [1.165, 1.54) is 22.9 Å². The predicted octanol–water partition coefficient (Wildman–Crippen LogP) is 5.25. The molecule has 0 saturated carbocycles. The number of anilines is 1. The summed E-state index contributed by atoms with van der Waals surface area (Å²) >= 11 is 3.19. The minimum absolute atomic E-state index is 0.0576. The summed E-state index contributed by atoms with van der Waals surface area (Å²) in [6.45, 7) is 8.53. The second kappa shape index (κ2) is 11.0. The van der Waals surface area contributed by atoms with Crippen LogP contribution in [0, 0.1) is 13.8 Å². The molecule has 3 aromatic rings. The van der Waals surface area contributed by atoms with E-state index < -0.39 is 0 Å². The molecule has 1 N–H and O–H groups in total. The van der Waals surface area contributed by atoms with E-state index in [2.05, 4.69) is 53.3 Å². The van der Waals surface area contributed by atoms with Crippen LogP contribution >= 0.6 is 23.5 Å². The number of nitrogens with one attached hydrogen (secondary N) is 1. The molecule has 0 atom stereocenters. The van der Waals surface area contributed by atoms with Crippen LogP contribution in [0.25, 0.3) is 0 Å². The van der Waals surface area contributed by atoms with Gasteiger partial charge < -0.3 is 9.88 Å². The SMILES string of the molecule is C=CCn1c(CSCc2ccc(C)cc2)nnc1SCC(=O)Nc1ccccc1C. The second-order valence-electron chi connectivity index (χ2n) is 6.93. The van der Waals surface area contributed by atoms with Crippen molar-refractivity contribution in [1.82, 2.24) is 14.8 Å². The van der Waals surface area contributed by atoms with Crippen molar-refractivity contribution in [2.75, 3.05) is 11.1 Å². The maximum absolute atomic E-state index is 12.4. The molecule has 30 heavy (non-hydrogen) atoms. The highest BCUT2D eigenvalue weighted by Gasteiger charge is 2.14. The molecule has 0 radical (unpaired) electrons. The highest BCUT2D eigenvalue weighted by atomic mass is 32.2. The van der Waals surface area contributed by atoms with Crippen LogP contribution in [-0.4, -0.2) is 26.4 Å². The lowest BCUT2D eigenvalue weighted by atomic mass is 10.2. The zero-order valence-corrected chi connectivity index (χ0v) is 18.9. The third-order valence-corrected chi connectivity index (χ3v) is 6.44. The third kappa shape index (κ3) is 6.24. The van der Waals surface area contributed by atoms with E-state index >= 15 is 0 Å². The Hall–Kier alpha value is -2.51. The monoisotopic (exact) mass is 438 g/mol. The van der Waals surface area contributed by atoms with Gasteiger partial charge in [-0.1, -0.05) is 65.9 Å². The summed E-state index contributed by atoms with van der Waals surface area (Å²) in [5.74, 6) is 2.79. The first kappa shape index (κ1) is 22.2. The Kier molecular flexibility index (Phi) is 8.16. The number of carbonyl (C=O) groups is 1. The van der Waals surface area contributed by atoms with E-state index in [0.29, 0.717) is 6.54 Å². The van der Waals surface area contributed by atoms with Gasteiger partial charge in [0, 0.05) is 18.0 Å². The fourth-order valence-corrected chi connectivity index (χ4v) is 4.51. The van der Waals surface area contributed by atoms with Gasteiger partial charge in [0.1, 0.15) is 5.82 Å². The molecule has 2 aromatic carbocycles. The average molecular weight is 439 g/mol. The van der Waals surface area contributed by atoms with Crippen molar-refractivity contribution < 1.29 is 4.79 Å². The van der Waals surface area contributed by atoms with Crippen molar-refractivity contribution in [3.05, 3.63) is 83.7 Å². The molecule has 0 spiro atoms. The lowest BCUT2D eigenvalue weighted by molar-refractivity contribution is -0.113. The first-order chi connectivity index (χ1) is 14.6. The number of aryl methyl sites for hydroxylation is 2. The molecule has 1 aromatic heterocycles. The fraction of sp³-hybridized carbons (Fsp3) is 0.261. The molecule has 1 amide bonds. The van der Waals surface area contributed by atoms with Gasteiger partial charge in [-0.15, -0.1) is 28.5 Å². The predicted molar refractivity (Wildman–Crippen MR) is 127 cm³/mol. The lowest BCUT2D eigenvalue weighted by Gasteiger charge is -2.09. The number of amides is 1. The highest BCUT2D eigenvalue weighted by molar-refractivity contribution is 7.99. The number of rotatable bonds is 10. The van der Waals surface area contributed by atoms with Gasteiger partial charge in [-0.25, -0.2) is 0 Å². The fourth-order valence-electron chi connectivity index (χ4n) is 2.82. The van der Waals surface area contributed by atoms with Crippen LogP contribution in [0.2, 0.25) is 0 Å². The molecule has 0 saturated heterocycles. The minimum atomic E-state index is -0.0576. The maximum atomic E-state index is 12.4. The average Bonchev–Trinajstić information content (AvgIpc) is 3.12. The van der Waals surface area contributed by atoms with Gasteiger partial charge in [0.15, 0.2) is 5.16 Å². The first-order valence-corrected chi connectivity index (χ1v) is 11.9. The van der Waals surface area contributed by atoms with E-state index in [-0.39, 0.29) is 11.7 Å². The molecular weight excluding hydrogens is 412 g/mol. The number of thioether (sulfide) groups is 2. The molecule has 0 bridgehead atoms. The van der Waals surface area contributed by atoms with Gasteiger partial charge in [-0.05, 0) is 31.0 Å². The minimum Gasteiger partial charge on any atom is -0.325 e. The quantitative estimate of drug-likeness (QED) is 0.346. The number of hydrogen-bond acceptors (Lipinski definition) is 5. The van der Waals surface area contributed by atoms with Gasteiger partial charge in [-0.3, -0.25) is 4.79 Å². The number of nitrogens with zero attached hydrogens (tertiary/aromatic N) is 3. The molecule has 0 aliphatic heterocycles. The summed E-state index contributed by atoms with van der Waals surface area (Å²) in [4.78, 5) is 12.4. The standard InChI is InChI=1S/C23H26N4OS2/c1-4-13-27-21(15-29-14-19-11-9-17(2)10-12-19)25-26-23(27)30-16-22(28)24-20-8-6-5-7-18(20)3/h4-12H,1,13-16H2,2-3H3,(H,24,28). The van der Waals surface area contributed by atoms with E-state index in [9.17, 15) is 4.79 Å². The number of hydrogen-bond donors (Lipinski definition) is 1. The van der Waals surface area contributed by atoms with Crippen molar-refractivity contribution >= 4 is 35.1 Å². The molecule has 0 aliphatic rings. The lowest BCUT2D eigenvalue weighted by Crippen LogP contribution is -2.15. The Morgan fingerprint density at radius 3 is 2.60 bits per heavy atom. The number of allylic oxidation sites excluding steroid dienone is 1. The van der Waals surface area contributed by atoms with Crippen molar-refractivity contribution in [2.45, 2.75) is 37.1 Å². The van der Waals surface area contributed by atoms with E-state index in [0.717, 1.165) is 33.7 Å². The normalized spacial score (nSPS) is 10.7. The van der Waals surface area contributed by atoms with Gasteiger partial charge in [0.05, 0.1) is 11.5 Å². The summed E-state index contributed by atoms with van der Waals surface area (Å²) in [7, 11) is 0. The largest absolute Gasteiger partial charge is 0.325 e. The maximum Gasteiger partial charge on any atom is 0.234 e. The summed E-state index contributed by atoms with van der Waals surface area (Å²) in [5.41, 5.74) is 4.44. The summed E-state index contributed by atoms with van der Waals surface area (Å²) in [6.07, 6.45) is 1.83. The van der Waals surface area contributed by atoms with Gasteiger partial charge in [0.2, 0.25) is 5.91 Å². The van der Waals surface area contributed by atoms with E-state index in [1.54, 1.807) is 11.8 Å². The molecular formula is C23H26N4OS2. The van der Waals surface area contributed by atoms with Crippen LogP contribution in [0.3, 0.4) is 0 Å². The Balaban J connectivity index is 1.56. The number of para-hydroxylation sites is 1. The van der Waals surface area contributed by atoms with Crippen molar-refractivity contribution in [2.24, 2.45) is 0 Å². The van der Waals surface area contributed by atoms with E-state index in [1.807, 2.05) is 41.8 Å². The zero-order valence-electron chi connectivity index (χ0n) is 17.3. The molecule has 0 fully saturated rings. The van der Waals surface area contributed by atoms with Crippen molar-refractivity contribution in [1.29, 1.82) is 0 Å².